The summed E-state index contributed by atoms with van der Waals surface area (Å²) in [5.74, 6) is 2.25. The first-order valence-electron chi connectivity index (χ1n) is 8.10. The molecule has 2 unspecified atom stereocenters. The molecule has 1 aliphatic carbocycles. The van der Waals surface area contributed by atoms with Gasteiger partial charge in [-0.1, -0.05) is 33.1 Å². The number of hydrogen-bond donors (Lipinski definition) is 1. The first-order valence-corrected chi connectivity index (χ1v) is 8.10. The fourth-order valence-electron chi connectivity index (χ4n) is 3.24. The Balaban J connectivity index is 2.23. The lowest BCUT2D eigenvalue weighted by Crippen LogP contribution is -2.23. The van der Waals surface area contributed by atoms with Crippen LogP contribution >= 0.6 is 0 Å². The molecule has 2 rings (SSSR count). The molecule has 5 heteroatoms. The van der Waals surface area contributed by atoms with Gasteiger partial charge >= 0.3 is 5.97 Å². The van der Waals surface area contributed by atoms with E-state index in [0.717, 1.165) is 18.8 Å². The number of anilines is 1. The van der Waals surface area contributed by atoms with Crippen LogP contribution < -0.4 is 5.73 Å². The molecule has 0 spiro atoms. The van der Waals surface area contributed by atoms with Gasteiger partial charge in [0.1, 0.15) is 11.6 Å². The van der Waals surface area contributed by atoms with Crippen LogP contribution in [-0.4, -0.2) is 22.1 Å². The molecule has 5 nitrogen and oxygen atoms in total. The van der Waals surface area contributed by atoms with Gasteiger partial charge in [0.15, 0.2) is 5.69 Å². The number of ether oxygens (including phenoxy) is 1. The molecule has 1 aromatic rings. The Bertz CT molecular complexity index is 496. The number of aryl methyl sites for hydroxylation is 1. The highest BCUT2D eigenvalue weighted by Crippen LogP contribution is 2.32. The van der Waals surface area contributed by atoms with Gasteiger partial charge in [-0.3, -0.25) is 0 Å². The average molecular weight is 293 g/mol. The second-order valence-electron chi connectivity index (χ2n) is 5.97. The molecule has 0 radical (unpaired) electrons. The van der Waals surface area contributed by atoms with Crippen LogP contribution in [0.15, 0.2) is 0 Å². The molecule has 0 bridgehead atoms. The molecule has 1 saturated carbocycles. The summed E-state index contributed by atoms with van der Waals surface area (Å²) in [5.41, 5.74) is 6.45. The van der Waals surface area contributed by atoms with Crippen molar-refractivity contribution in [1.29, 1.82) is 0 Å². The van der Waals surface area contributed by atoms with Gasteiger partial charge in [0.25, 0.3) is 0 Å². The zero-order valence-electron chi connectivity index (χ0n) is 13.4. The topological polar surface area (TPSA) is 70.1 Å². The Kier molecular flexibility index (Phi) is 5.26. The van der Waals surface area contributed by atoms with E-state index in [4.69, 9.17) is 10.5 Å². The van der Waals surface area contributed by atoms with Crippen LogP contribution in [0.1, 0.15) is 62.8 Å². The predicted octanol–water partition coefficient (Wildman–Crippen LogP) is 3.03. The largest absolute Gasteiger partial charge is 0.461 e. The maximum Gasteiger partial charge on any atom is 0.360 e. The molecule has 0 amide bonds. The van der Waals surface area contributed by atoms with Crippen LogP contribution in [-0.2, 0) is 17.7 Å². The lowest BCUT2D eigenvalue weighted by Gasteiger charge is -2.29. The SMILES string of the molecule is CCOC(=O)c1nc(CC)n(CC2CCCCC2C)c1N. The van der Waals surface area contributed by atoms with E-state index in [0.29, 0.717) is 24.3 Å². The van der Waals surface area contributed by atoms with E-state index in [-0.39, 0.29) is 5.69 Å². The quantitative estimate of drug-likeness (QED) is 0.847. The van der Waals surface area contributed by atoms with Gasteiger partial charge in [0, 0.05) is 13.0 Å². The van der Waals surface area contributed by atoms with Gasteiger partial charge in [-0.25, -0.2) is 9.78 Å². The van der Waals surface area contributed by atoms with Gasteiger partial charge in [-0.2, -0.15) is 0 Å². The van der Waals surface area contributed by atoms with Crippen LogP contribution in [0.2, 0.25) is 0 Å². The van der Waals surface area contributed by atoms with Crippen molar-refractivity contribution in [3.05, 3.63) is 11.5 Å². The van der Waals surface area contributed by atoms with Gasteiger partial charge in [-0.15, -0.1) is 0 Å². The maximum absolute atomic E-state index is 11.9. The monoisotopic (exact) mass is 293 g/mol. The molecular formula is C16H27N3O2. The fraction of sp³-hybridized carbons (Fsp3) is 0.750. The zero-order valence-corrected chi connectivity index (χ0v) is 13.4. The minimum atomic E-state index is -0.417. The number of nitrogens with two attached hydrogens (primary N) is 1. The van der Waals surface area contributed by atoms with Crippen LogP contribution in [0.4, 0.5) is 5.82 Å². The standard InChI is InChI=1S/C16H27N3O2/c1-4-13-18-14(16(20)21-5-2)15(17)19(13)10-12-9-7-6-8-11(12)3/h11-12H,4-10,17H2,1-3H3. The number of aromatic nitrogens is 2. The Labute approximate surface area is 126 Å². The average Bonchev–Trinajstić information content (AvgIpc) is 2.78. The van der Waals surface area contributed by atoms with E-state index in [2.05, 4.69) is 11.9 Å². The van der Waals surface area contributed by atoms with Crippen molar-refractivity contribution in [1.82, 2.24) is 9.55 Å². The van der Waals surface area contributed by atoms with Crippen LogP contribution in [0.25, 0.3) is 0 Å². The highest BCUT2D eigenvalue weighted by molar-refractivity contribution is 5.92. The third kappa shape index (κ3) is 3.39. The van der Waals surface area contributed by atoms with Crippen LogP contribution in [0, 0.1) is 11.8 Å². The van der Waals surface area contributed by atoms with Crippen molar-refractivity contribution in [2.45, 2.75) is 59.4 Å². The lowest BCUT2D eigenvalue weighted by molar-refractivity contribution is 0.0521. The summed E-state index contributed by atoms with van der Waals surface area (Å²) in [7, 11) is 0. The molecule has 1 heterocycles. The van der Waals surface area contributed by atoms with Crippen LogP contribution in [0.3, 0.4) is 0 Å². The van der Waals surface area contributed by atoms with Crippen molar-refractivity contribution in [2.75, 3.05) is 12.3 Å². The Morgan fingerprint density at radius 2 is 2.10 bits per heavy atom. The summed E-state index contributed by atoms with van der Waals surface area (Å²) < 4.78 is 7.06. The van der Waals surface area contributed by atoms with E-state index in [1.165, 1.54) is 25.7 Å². The molecule has 2 atom stereocenters. The van der Waals surface area contributed by atoms with Crippen molar-refractivity contribution in [3.8, 4) is 0 Å². The van der Waals surface area contributed by atoms with Crippen molar-refractivity contribution < 1.29 is 9.53 Å². The number of esters is 1. The summed E-state index contributed by atoms with van der Waals surface area (Å²) in [6.07, 6.45) is 5.90. The summed E-state index contributed by atoms with van der Waals surface area (Å²) in [5, 5.41) is 0. The normalized spacial score (nSPS) is 22.2. The molecular weight excluding hydrogens is 266 g/mol. The summed E-state index contributed by atoms with van der Waals surface area (Å²) in [6, 6.07) is 0. The number of carbonyl (C=O) groups is 1. The molecule has 1 aliphatic rings. The molecule has 118 valence electrons. The highest BCUT2D eigenvalue weighted by Gasteiger charge is 2.26. The molecule has 1 aromatic heterocycles. The molecule has 0 aromatic carbocycles. The molecule has 0 aliphatic heterocycles. The number of nitrogen functional groups attached to an aromatic ring is 1. The number of imidazole rings is 1. The molecule has 2 N–H and O–H groups in total. The fourth-order valence-corrected chi connectivity index (χ4v) is 3.24. The van der Waals surface area contributed by atoms with E-state index >= 15 is 0 Å². The predicted molar refractivity (Wildman–Crippen MR) is 83.1 cm³/mol. The second-order valence-corrected chi connectivity index (χ2v) is 5.97. The van der Waals surface area contributed by atoms with Crippen LogP contribution in [0.5, 0.6) is 0 Å². The Morgan fingerprint density at radius 1 is 1.38 bits per heavy atom. The number of rotatable bonds is 5. The summed E-state index contributed by atoms with van der Waals surface area (Å²) in [4.78, 5) is 16.3. The number of hydrogen-bond acceptors (Lipinski definition) is 4. The first kappa shape index (κ1) is 15.9. The van der Waals surface area contributed by atoms with Gasteiger partial charge in [0.2, 0.25) is 0 Å². The number of carbonyl (C=O) groups excluding carboxylic acids is 1. The van der Waals surface area contributed by atoms with E-state index < -0.39 is 5.97 Å². The minimum absolute atomic E-state index is 0.275. The number of nitrogens with zero attached hydrogens (tertiary/aromatic N) is 2. The molecule has 21 heavy (non-hydrogen) atoms. The van der Waals surface area contributed by atoms with E-state index in [9.17, 15) is 4.79 Å². The van der Waals surface area contributed by atoms with Gasteiger partial charge in [-0.05, 0) is 25.2 Å². The maximum atomic E-state index is 11.9. The molecule has 1 fully saturated rings. The van der Waals surface area contributed by atoms with E-state index in [1.807, 2.05) is 11.5 Å². The third-order valence-electron chi connectivity index (χ3n) is 4.58. The third-order valence-corrected chi connectivity index (χ3v) is 4.58. The lowest BCUT2D eigenvalue weighted by atomic mass is 9.80. The summed E-state index contributed by atoms with van der Waals surface area (Å²) >= 11 is 0. The zero-order chi connectivity index (χ0) is 15.4. The van der Waals surface area contributed by atoms with Gasteiger partial charge < -0.3 is 15.0 Å². The Hall–Kier alpha value is -1.52. The second kappa shape index (κ2) is 6.96. The van der Waals surface area contributed by atoms with Gasteiger partial charge in [0.05, 0.1) is 6.61 Å². The smallest absolute Gasteiger partial charge is 0.360 e. The first-order chi connectivity index (χ1) is 10.1. The van der Waals surface area contributed by atoms with E-state index in [1.54, 1.807) is 6.92 Å². The highest BCUT2D eigenvalue weighted by atomic mass is 16.5. The Morgan fingerprint density at radius 3 is 2.71 bits per heavy atom. The van der Waals surface area contributed by atoms with Crippen molar-refractivity contribution in [2.24, 2.45) is 11.8 Å². The molecule has 0 saturated heterocycles. The van der Waals surface area contributed by atoms with Crippen molar-refractivity contribution >= 4 is 11.8 Å². The van der Waals surface area contributed by atoms with Crippen molar-refractivity contribution in [3.63, 3.8) is 0 Å². The minimum Gasteiger partial charge on any atom is -0.461 e. The summed E-state index contributed by atoms with van der Waals surface area (Å²) in [6.45, 7) is 7.34.